The zero-order valence-corrected chi connectivity index (χ0v) is 15.1. The van der Waals surface area contributed by atoms with Gasteiger partial charge in [-0.25, -0.2) is 0 Å². The Bertz CT molecular complexity index is 1180. The molecule has 1 aromatic carbocycles. The topological polar surface area (TPSA) is 111 Å². The van der Waals surface area contributed by atoms with Gasteiger partial charge in [0.15, 0.2) is 5.76 Å². The Morgan fingerprint density at radius 1 is 1.25 bits per heavy atom. The van der Waals surface area contributed by atoms with E-state index in [1.54, 1.807) is 6.92 Å². The second-order valence-electron chi connectivity index (χ2n) is 6.37. The highest BCUT2D eigenvalue weighted by Crippen LogP contribution is 2.43. The molecule has 8 nitrogen and oxygen atoms in total. The van der Waals surface area contributed by atoms with Crippen LogP contribution in [0.5, 0.6) is 11.6 Å². The third kappa shape index (κ3) is 3.09. The van der Waals surface area contributed by atoms with Crippen molar-refractivity contribution in [1.29, 1.82) is 0 Å². The summed E-state index contributed by atoms with van der Waals surface area (Å²) in [5.41, 5.74) is 0.152. The van der Waals surface area contributed by atoms with Crippen molar-refractivity contribution in [3.05, 3.63) is 85.4 Å². The summed E-state index contributed by atoms with van der Waals surface area (Å²) in [5.74, 6) is -0.463. The van der Waals surface area contributed by atoms with Crippen LogP contribution in [0.2, 0.25) is 0 Å². The van der Waals surface area contributed by atoms with E-state index in [1.165, 1.54) is 13.0 Å². The lowest BCUT2D eigenvalue weighted by Crippen LogP contribution is -2.27. The molecule has 1 aliphatic heterocycles. The average molecular weight is 380 g/mol. The van der Waals surface area contributed by atoms with Crippen molar-refractivity contribution in [2.45, 2.75) is 26.4 Å². The largest absolute Gasteiger partial charge is 0.458 e. The van der Waals surface area contributed by atoms with Gasteiger partial charge in [-0.15, -0.1) is 0 Å². The number of aromatic nitrogens is 2. The molecule has 1 atom stereocenters. The molecule has 142 valence electrons. The van der Waals surface area contributed by atoms with Crippen LogP contribution in [0.3, 0.4) is 0 Å². The third-order valence-corrected chi connectivity index (χ3v) is 4.32. The Morgan fingerprint density at radius 2 is 2.00 bits per heavy atom. The minimum atomic E-state index is -0.693. The molecule has 1 unspecified atom stereocenters. The van der Waals surface area contributed by atoms with E-state index in [9.17, 15) is 14.4 Å². The Balaban J connectivity index is 1.95. The van der Waals surface area contributed by atoms with Gasteiger partial charge < -0.3 is 18.9 Å². The number of fused-ring (bicyclic) bond motifs is 2. The van der Waals surface area contributed by atoms with Gasteiger partial charge in [0.1, 0.15) is 18.2 Å². The second kappa shape index (κ2) is 6.80. The number of hydrogen-bond acceptors (Lipinski definition) is 7. The number of nitrogens with one attached hydrogen (secondary N) is 1. The molecule has 8 heteroatoms. The highest BCUT2D eigenvalue weighted by atomic mass is 16.5. The standard InChI is InChI=1S/C20H16N2O6/c1-10-21-19(25)16-15(12-6-4-3-5-7-12)18-17(28-20(16)22-10)14(24)8-13(27-18)9-26-11(2)23/h3-8,15H,9H2,1-2H3,(H,21,22,25). The monoisotopic (exact) mass is 380 g/mol. The smallest absolute Gasteiger partial charge is 0.303 e. The number of ether oxygens (including phenoxy) is 2. The van der Waals surface area contributed by atoms with Crippen LogP contribution in [-0.4, -0.2) is 15.9 Å². The van der Waals surface area contributed by atoms with Crippen molar-refractivity contribution in [3.63, 3.8) is 0 Å². The fourth-order valence-electron chi connectivity index (χ4n) is 3.18. The maximum absolute atomic E-state index is 12.7. The molecule has 0 bridgehead atoms. The molecule has 1 N–H and O–H groups in total. The van der Waals surface area contributed by atoms with Gasteiger partial charge in [-0.1, -0.05) is 30.3 Å². The number of esters is 1. The summed E-state index contributed by atoms with van der Waals surface area (Å²) in [6, 6.07) is 10.3. The highest BCUT2D eigenvalue weighted by Gasteiger charge is 2.36. The Labute approximate surface area is 158 Å². The molecule has 0 spiro atoms. The van der Waals surface area contributed by atoms with Crippen LogP contribution in [0.4, 0.5) is 0 Å². The number of H-pyrrole nitrogens is 1. The summed E-state index contributed by atoms with van der Waals surface area (Å²) < 4.78 is 16.4. The van der Waals surface area contributed by atoms with E-state index in [1.807, 2.05) is 30.3 Å². The van der Waals surface area contributed by atoms with E-state index in [4.69, 9.17) is 13.9 Å². The fourth-order valence-corrected chi connectivity index (χ4v) is 3.18. The van der Waals surface area contributed by atoms with Gasteiger partial charge in [-0.3, -0.25) is 14.4 Å². The second-order valence-corrected chi connectivity index (χ2v) is 6.37. The minimum Gasteiger partial charge on any atom is -0.458 e. The number of carbonyl (C=O) groups is 1. The van der Waals surface area contributed by atoms with E-state index in [-0.39, 0.29) is 40.9 Å². The van der Waals surface area contributed by atoms with Crippen LogP contribution >= 0.6 is 0 Å². The zero-order chi connectivity index (χ0) is 19.8. The van der Waals surface area contributed by atoms with Crippen molar-refractivity contribution >= 4 is 5.97 Å². The van der Waals surface area contributed by atoms with Gasteiger partial charge in [-0.05, 0) is 12.5 Å². The van der Waals surface area contributed by atoms with Gasteiger partial charge in [0.25, 0.3) is 5.56 Å². The number of aryl methyl sites for hydroxylation is 1. The van der Waals surface area contributed by atoms with Crippen LogP contribution < -0.4 is 15.7 Å². The molecule has 0 fully saturated rings. The molecular formula is C20H16N2O6. The lowest BCUT2D eigenvalue weighted by molar-refractivity contribution is -0.142. The van der Waals surface area contributed by atoms with E-state index in [0.29, 0.717) is 5.82 Å². The van der Waals surface area contributed by atoms with Gasteiger partial charge >= 0.3 is 5.97 Å². The third-order valence-electron chi connectivity index (χ3n) is 4.32. The zero-order valence-electron chi connectivity index (χ0n) is 15.1. The summed E-state index contributed by atoms with van der Waals surface area (Å²) in [6.45, 7) is 2.69. The number of carbonyl (C=O) groups excluding carboxylic acids is 1. The molecule has 0 saturated heterocycles. The molecule has 2 aromatic heterocycles. The van der Waals surface area contributed by atoms with Crippen LogP contribution in [0.1, 0.15) is 41.3 Å². The van der Waals surface area contributed by atoms with Gasteiger partial charge in [0, 0.05) is 13.0 Å². The molecule has 0 radical (unpaired) electrons. The van der Waals surface area contributed by atoms with Crippen molar-refractivity contribution < 1.29 is 18.7 Å². The first-order chi connectivity index (χ1) is 13.4. The summed E-state index contributed by atoms with van der Waals surface area (Å²) >= 11 is 0. The first kappa shape index (κ1) is 17.7. The fraction of sp³-hybridized carbons (Fsp3) is 0.200. The highest BCUT2D eigenvalue weighted by molar-refractivity contribution is 5.65. The summed E-state index contributed by atoms with van der Waals surface area (Å²) in [4.78, 5) is 43.3. The van der Waals surface area contributed by atoms with Crippen molar-refractivity contribution in [1.82, 2.24) is 9.97 Å². The SMILES string of the molecule is CC(=O)OCc1cc(=O)c2c(o1)C(c1ccccc1)c1c(nc(C)[nH]c1=O)O2. The van der Waals surface area contributed by atoms with E-state index < -0.39 is 17.3 Å². The summed E-state index contributed by atoms with van der Waals surface area (Å²) in [5, 5.41) is 0. The van der Waals surface area contributed by atoms with Gasteiger partial charge in [0.05, 0.1) is 11.5 Å². The summed E-state index contributed by atoms with van der Waals surface area (Å²) in [7, 11) is 0. The van der Waals surface area contributed by atoms with E-state index in [0.717, 1.165) is 5.56 Å². The number of aromatic amines is 1. The normalized spacial score (nSPS) is 14.6. The van der Waals surface area contributed by atoms with Gasteiger partial charge in [0.2, 0.25) is 17.1 Å². The lowest BCUT2D eigenvalue weighted by atomic mass is 9.88. The first-order valence-corrected chi connectivity index (χ1v) is 8.58. The van der Waals surface area contributed by atoms with Crippen LogP contribution in [0.25, 0.3) is 0 Å². The molecule has 28 heavy (non-hydrogen) atoms. The average Bonchev–Trinajstić information content (AvgIpc) is 2.66. The predicted molar refractivity (Wildman–Crippen MR) is 97.5 cm³/mol. The number of rotatable bonds is 3. The predicted octanol–water partition coefficient (Wildman–Crippen LogP) is 2.38. The molecule has 0 amide bonds. The maximum atomic E-state index is 12.7. The maximum Gasteiger partial charge on any atom is 0.303 e. The molecule has 4 rings (SSSR count). The van der Waals surface area contributed by atoms with Crippen molar-refractivity contribution in [2.75, 3.05) is 0 Å². The van der Waals surface area contributed by atoms with E-state index in [2.05, 4.69) is 9.97 Å². The van der Waals surface area contributed by atoms with E-state index >= 15 is 0 Å². The van der Waals surface area contributed by atoms with Crippen LogP contribution in [0.15, 0.2) is 50.4 Å². The lowest BCUT2D eigenvalue weighted by Gasteiger charge is -2.25. The number of hydrogen-bond donors (Lipinski definition) is 1. The van der Waals surface area contributed by atoms with Crippen LogP contribution in [0, 0.1) is 6.92 Å². The Morgan fingerprint density at radius 3 is 2.71 bits per heavy atom. The summed E-state index contributed by atoms with van der Waals surface area (Å²) in [6.07, 6.45) is 0. The number of benzene rings is 1. The molecule has 0 aliphatic carbocycles. The molecular weight excluding hydrogens is 364 g/mol. The quantitative estimate of drug-likeness (QED) is 0.543. The first-order valence-electron chi connectivity index (χ1n) is 8.58. The number of nitrogens with zero attached hydrogens (tertiary/aromatic N) is 1. The molecule has 1 aliphatic rings. The van der Waals surface area contributed by atoms with Crippen LogP contribution in [-0.2, 0) is 16.1 Å². The van der Waals surface area contributed by atoms with Gasteiger partial charge in [-0.2, -0.15) is 4.98 Å². The van der Waals surface area contributed by atoms with Crippen molar-refractivity contribution in [2.24, 2.45) is 0 Å². The van der Waals surface area contributed by atoms with Crippen molar-refractivity contribution in [3.8, 4) is 11.6 Å². The Hall–Kier alpha value is -3.68. The molecule has 0 saturated carbocycles. The molecule has 3 aromatic rings. The molecule has 3 heterocycles. The minimum absolute atomic E-state index is 0.0366. The Kier molecular flexibility index (Phi) is 4.31.